The van der Waals surface area contributed by atoms with E-state index in [-0.39, 0.29) is 24.6 Å². The molecule has 1 fully saturated rings. The maximum absolute atomic E-state index is 12.4. The number of ether oxygens (including phenoxy) is 1. The number of likely N-dealkylation sites (N-methyl/N-ethyl adjacent to an activating group) is 1. The summed E-state index contributed by atoms with van der Waals surface area (Å²) in [7, 11) is 0. The summed E-state index contributed by atoms with van der Waals surface area (Å²) in [6, 6.07) is 9.09. The van der Waals surface area contributed by atoms with E-state index >= 15 is 0 Å². The molecule has 0 spiro atoms. The van der Waals surface area contributed by atoms with Gasteiger partial charge in [0.05, 0.1) is 12.1 Å². The first-order valence-electron chi connectivity index (χ1n) is 8.54. The van der Waals surface area contributed by atoms with E-state index in [4.69, 9.17) is 10.5 Å². The van der Waals surface area contributed by atoms with Crippen LogP contribution in [0.25, 0.3) is 0 Å². The van der Waals surface area contributed by atoms with Gasteiger partial charge in [0.2, 0.25) is 5.91 Å². The molecule has 1 aliphatic heterocycles. The number of hydrogen-bond donors (Lipinski definition) is 1. The number of rotatable bonds is 6. The zero-order chi connectivity index (χ0) is 17.5. The van der Waals surface area contributed by atoms with E-state index < -0.39 is 6.04 Å². The minimum absolute atomic E-state index is 0.00377. The molecule has 1 aromatic carbocycles. The van der Waals surface area contributed by atoms with Gasteiger partial charge in [0.1, 0.15) is 6.61 Å². The van der Waals surface area contributed by atoms with Crippen molar-refractivity contribution in [2.75, 3.05) is 19.6 Å². The molecule has 6 heteroatoms. The molecule has 0 radical (unpaired) electrons. The topological polar surface area (TPSA) is 75.9 Å². The Kier molecular flexibility index (Phi) is 6.61. The number of carbonyl (C=O) groups is 2. The summed E-state index contributed by atoms with van der Waals surface area (Å²) in [5.74, 6) is -0.0815. The van der Waals surface area contributed by atoms with E-state index in [1.165, 1.54) is 0 Å². The fourth-order valence-electron chi connectivity index (χ4n) is 2.99. The number of carbonyl (C=O) groups excluding carboxylic acids is 2. The Balaban J connectivity index is 1.91. The summed E-state index contributed by atoms with van der Waals surface area (Å²) < 4.78 is 5.42. The molecule has 2 N–H and O–H groups in total. The second-order valence-corrected chi connectivity index (χ2v) is 6.20. The second-order valence-electron chi connectivity index (χ2n) is 6.20. The van der Waals surface area contributed by atoms with Crippen LogP contribution in [-0.4, -0.2) is 53.5 Å². The Hall–Kier alpha value is -2.08. The Labute approximate surface area is 143 Å². The van der Waals surface area contributed by atoms with Crippen molar-refractivity contribution in [3.05, 3.63) is 35.9 Å². The molecule has 1 aromatic rings. The second kappa shape index (κ2) is 8.68. The highest BCUT2D eigenvalue weighted by molar-refractivity contribution is 5.81. The third kappa shape index (κ3) is 4.71. The lowest BCUT2D eigenvalue weighted by molar-refractivity contribution is -0.132. The monoisotopic (exact) mass is 333 g/mol. The molecule has 2 atom stereocenters. The highest BCUT2D eigenvalue weighted by atomic mass is 16.6. The normalized spacial score (nSPS) is 18.3. The van der Waals surface area contributed by atoms with E-state index in [0.29, 0.717) is 19.6 Å². The van der Waals surface area contributed by atoms with Crippen molar-refractivity contribution in [1.29, 1.82) is 0 Å². The van der Waals surface area contributed by atoms with Gasteiger partial charge in [0.15, 0.2) is 0 Å². The molecule has 0 unspecified atom stereocenters. The molecule has 1 saturated heterocycles. The van der Waals surface area contributed by atoms with E-state index in [1.807, 2.05) is 37.3 Å². The molecule has 0 aliphatic carbocycles. The molecular formula is C18H27N3O3. The fourth-order valence-corrected chi connectivity index (χ4v) is 2.99. The number of amides is 2. The first-order chi connectivity index (χ1) is 11.5. The van der Waals surface area contributed by atoms with Crippen LogP contribution in [0.3, 0.4) is 0 Å². The molecule has 1 heterocycles. The van der Waals surface area contributed by atoms with E-state index in [2.05, 4.69) is 0 Å². The van der Waals surface area contributed by atoms with Crippen LogP contribution in [-0.2, 0) is 16.1 Å². The molecule has 6 nitrogen and oxygen atoms in total. The van der Waals surface area contributed by atoms with Crippen LogP contribution in [0.2, 0.25) is 0 Å². The Morgan fingerprint density at radius 1 is 1.38 bits per heavy atom. The number of nitrogens with zero attached hydrogens (tertiary/aromatic N) is 2. The van der Waals surface area contributed by atoms with Crippen molar-refractivity contribution in [2.24, 2.45) is 5.73 Å². The van der Waals surface area contributed by atoms with Crippen molar-refractivity contribution >= 4 is 12.0 Å². The van der Waals surface area contributed by atoms with Gasteiger partial charge >= 0.3 is 6.09 Å². The van der Waals surface area contributed by atoms with Gasteiger partial charge in [0.25, 0.3) is 0 Å². The number of benzene rings is 1. The fraction of sp³-hybridized carbons (Fsp3) is 0.556. The van der Waals surface area contributed by atoms with Crippen LogP contribution < -0.4 is 5.73 Å². The maximum Gasteiger partial charge on any atom is 0.410 e. The molecule has 2 rings (SSSR count). The molecule has 132 valence electrons. The lowest BCUT2D eigenvalue weighted by atomic mass is 10.2. The first-order valence-corrected chi connectivity index (χ1v) is 8.54. The van der Waals surface area contributed by atoms with Crippen LogP contribution in [0.15, 0.2) is 30.3 Å². The van der Waals surface area contributed by atoms with E-state index in [0.717, 1.165) is 18.4 Å². The summed E-state index contributed by atoms with van der Waals surface area (Å²) in [6.45, 7) is 5.64. The first kappa shape index (κ1) is 18.3. The molecular weight excluding hydrogens is 306 g/mol. The molecule has 0 saturated carbocycles. The Bertz CT molecular complexity index is 548. The molecule has 1 aliphatic rings. The minimum atomic E-state index is -0.523. The van der Waals surface area contributed by atoms with Gasteiger partial charge in [-0.25, -0.2) is 4.79 Å². The summed E-state index contributed by atoms with van der Waals surface area (Å²) in [6.07, 6.45) is 1.49. The summed E-state index contributed by atoms with van der Waals surface area (Å²) in [5, 5.41) is 0. The summed E-state index contributed by atoms with van der Waals surface area (Å²) >= 11 is 0. The zero-order valence-corrected chi connectivity index (χ0v) is 14.5. The lowest BCUT2D eigenvalue weighted by Gasteiger charge is -2.30. The smallest absolute Gasteiger partial charge is 0.410 e. The molecule has 2 amide bonds. The van der Waals surface area contributed by atoms with Gasteiger partial charge in [0, 0.05) is 19.6 Å². The van der Waals surface area contributed by atoms with Crippen molar-refractivity contribution in [3.63, 3.8) is 0 Å². The third-order valence-electron chi connectivity index (χ3n) is 4.33. The largest absolute Gasteiger partial charge is 0.445 e. The Morgan fingerprint density at radius 3 is 2.71 bits per heavy atom. The quantitative estimate of drug-likeness (QED) is 0.864. The number of nitrogens with two attached hydrogens (primary N) is 1. The van der Waals surface area contributed by atoms with Crippen molar-refractivity contribution in [1.82, 2.24) is 9.80 Å². The lowest BCUT2D eigenvalue weighted by Crippen LogP contribution is -2.49. The van der Waals surface area contributed by atoms with Crippen LogP contribution in [0, 0.1) is 0 Å². The van der Waals surface area contributed by atoms with Crippen LogP contribution in [0.5, 0.6) is 0 Å². The SMILES string of the molecule is CCN(C[C@@H]1CCCN1C(=O)OCc1ccccc1)C(=O)[C@H](C)N. The minimum Gasteiger partial charge on any atom is -0.445 e. The highest BCUT2D eigenvalue weighted by Gasteiger charge is 2.32. The number of likely N-dealkylation sites (tertiary alicyclic amines) is 1. The van der Waals surface area contributed by atoms with Crippen molar-refractivity contribution < 1.29 is 14.3 Å². The van der Waals surface area contributed by atoms with Crippen molar-refractivity contribution in [2.45, 2.75) is 45.4 Å². The molecule has 0 aromatic heterocycles. The summed E-state index contributed by atoms with van der Waals surface area (Å²) in [5.41, 5.74) is 6.66. The van der Waals surface area contributed by atoms with E-state index in [1.54, 1.807) is 16.7 Å². The van der Waals surface area contributed by atoms with Gasteiger partial charge in [-0.1, -0.05) is 30.3 Å². The highest BCUT2D eigenvalue weighted by Crippen LogP contribution is 2.20. The predicted octanol–water partition coefficient (Wildman–Crippen LogP) is 1.98. The van der Waals surface area contributed by atoms with Gasteiger partial charge in [-0.3, -0.25) is 4.79 Å². The van der Waals surface area contributed by atoms with Gasteiger partial charge in [-0.2, -0.15) is 0 Å². The standard InChI is InChI=1S/C18H27N3O3/c1-3-20(17(22)14(2)19)12-16-10-7-11-21(16)18(23)24-13-15-8-5-4-6-9-15/h4-6,8-9,14,16H,3,7,10-13,19H2,1-2H3/t14-,16-/m0/s1. The van der Waals surface area contributed by atoms with Gasteiger partial charge in [-0.05, 0) is 32.3 Å². The zero-order valence-electron chi connectivity index (χ0n) is 14.5. The molecule has 24 heavy (non-hydrogen) atoms. The average molecular weight is 333 g/mol. The molecule has 0 bridgehead atoms. The third-order valence-corrected chi connectivity index (χ3v) is 4.33. The van der Waals surface area contributed by atoms with Crippen LogP contribution >= 0.6 is 0 Å². The van der Waals surface area contributed by atoms with E-state index in [9.17, 15) is 9.59 Å². The van der Waals surface area contributed by atoms with Crippen LogP contribution in [0.1, 0.15) is 32.3 Å². The van der Waals surface area contributed by atoms with Gasteiger partial charge in [-0.15, -0.1) is 0 Å². The summed E-state index contributed by atoms with van der Waals surface area (Å²) in [4.78, 5) is 27.9. The maximum atomic E-state index is 12.4. The average Bonchev–Trinajstić information content (AvgIpc) is 3.06. The van der Waals surface area contributed by atoms with Crippen LogP contribution in [0.4, 0.5) is 4.79 Å². The Morgan fingerprint density at radius 2 is 2.08 bits per heavy atom. The number of hydrogen-bond acceptors (Lipinski definition) is 4. The predicted molar refractivity (Wildman–Crippen MR) is 92.3 cm³/mol. The van der Waals surface area contributed by atoms with Gasteiger partial charge < -0.3 is 20.3 Å². The van der Waals surface area contributed by atoms with Crippen molar-refractivity contribution in [3.8, 4) is 0 Å².